The predicted octanol–water partition coefficient (Wildman–Crippen LogP) is 15.7. The van der Waals surface area contributed by atoms with Crippen LogP contribution in [0.25, 0.3) is 0 Å². The number of benzene rings is 6. The molecule has 0 amide bonds. The molecule has 0 saturated carbocycles. The van der Waals surface area contributed by atoms with Gasteiger partial charge in [0.2, 0.25) is 0 Å². The number of fused-ring (bicyclic) bond motifs is 6. The number of aromatic hydroxyl groups is 3. The van der Waals surface area contributed by atoms with Gasteiger partial charge >= 0.3 is 0 Å². The Bertz CT molecular complexity index is 2720. The van der Waals surface area contributed by atoms with Gasteiger partial charge in [0.25, 0.3) is 0 Å². The van der Waals surface area contributed by atoms with E-state index in [0.29, 0.717) is 35.2 Å². The van der Waals surface area contributed by atoms with Crippen LogP contribution in [0.5, 0.6) is 17.2 Å². The highest BCUT2D eigenvalue weighted by atomic mass is 16.5. The van der Waals surface area contributed by atoms with Gasteiger partial charge in [0, 0.05) is 58.8 Å². The molecule has 0 spiro atoms. The Morgan fingerprint density at radius 2 is 0.974 bits per heavy atom. The molecule has 6 aromatic rings. The van der Waals surface area contributed by atoms with E-state index < -0.39 is 0 Å². The molecule has 10 heteroatoms. The lowest BCUT2D eigenvalue weighted by Gasteiger charge is -2.44. The summed E-state index contributed by atoms with van der Waals surface area (Å²) >= 11 is 0. The van der Waals surface area contributed by atoms with E-state index in [1.54, 1.807) is 30.5 Å². The van der Waals surface area contributed by atoms with E-state index in [1.165, 1.54) is 52.8 Å². The molecule has 7 N–H and O–H groups in total. The largest absolute Gasteiger partial charge is 0.508 e. The van der Waals surface area contributed by atoms with E-state index in [1.807, 2.05) is 42.5 Å². The summed E-state index contributed by atoms with van der Waals surface area (Å²) in [6.07, 6.45) is 11.6. The first-order chi connectivity index (χ1) is 36.2. The SMILES string of the molecule is C1=COCCC1.CC(C)(C)c1ccc(N)cc1.CC(C)(C)c1ccc2c(c1)[C@H]1OCCC[C@H]1[C@@H](c1cccc(O)c1)N2.CC(C)(C)c1ccc2c(c1)[C@H]1OCCC[C@H]1[C@H](c1cccc(O)c1)N2.O=Cc1cccc(O)c1. The van der Waals surface area contributed by atoms with Gasteiger partial charge in [0.05, 0.1) is 37.2 Å². The maximum absolute atomic E-state index is 10.0. The number of anilines is 3. The Labute approximate surface area is 452 Å². The summed E-state index contributed by atoms with van der Waals surface area (Å²) < 4.78 is 17.4. The maximum atomic E-state index is 10.0. The van der Waals surface area contributed by atoms with Gasteiger partial charge in [-0.1, -0.05) is 135 Å². The van der Waals surface area contributed by atoms with Crippen molar-refractivity contribution in [1.29, 1.82) is 0 Å². The first kappa shape index (κ1) is 57.0. The van der Waals surface area contributed by atoms with Crippen LogP contribution in [-0.2, 0) is 30.5 Å². The van der Waals surface area contributed by atoms with E-state index in [0.717, 1.165) is 73.7 Å². The van der Waals surface area contributed by atoms with Gasteiger partial charge in [0.15, 0.2) is 0 Å². The smallest absolute Gasteiger partial charge is 0.150 e. The molecule has 5 aliphatic rings. The highest BCUT2D eigenvalue weighted by Crippen LogP contribution is 2.52. The minimum atomic E-state index is 0.125. The van der Waals surface area contributed by atoms with Gasteiger partial charge in [-0.3, -0.25) is 4.79 Å². The Balaban J connectivity index is 0.000000152. The lowest BCUT2D eigenvalue weighted by Crippen LogP contribution is -2.36. The number of ether oxygens (including phenoxy) is 3. The summed E-state index contributed by atoms with van der Waals surface area (Å²) in [4.78, 5) is 10.0. The second-order valence-electron chi connectivity index (χ2n) is 23.7. The number of aldehydes is 1. The van der Waals surface area contributed by atoms with Crippen LogP contribution in [0.4, 0.5) is 17.1 Å². The average Bonchev–Trinajstić information content (AvgIpc) is 3.41. The number of carbonyl (C=O) groups excluding carboxylic acids is 1. The molecule has 5 heterocycles. The minimum absolute atomic E-state index is 0.125. The molecule has 0 aliphatic carbocycles. The third-order valence-corrected chi connectivity index (χ3v) is 14.7. The number of hydrogen-bond acceptors (Lipinski definition) is 10. The van der Waals surface area contributed by atoms with Gasteiger partial charge in [-0.15, -0.1) is 0 Å². The maximum Gasteiger partial charge on any atom is 0.150 e. The van der Waals surface area contributed by atoms with Crippen molar-refractivity contribution in [3.63, 3.8) is 0 Å². The molecule has 2 saturated heterocycles. The van der Waals surface area contributed by atoms with Crippen molar-refractivity contribution >= 4 is 23.3 Å². The fourth-order valence-electron chi connectivity index (χ4n) is 10.4. The highest BCUT2D eigenvalue weighted by molar-refractivity contribution is 5.75. The number of allylic oxidation sites excluding steroid dienone is 1. The van der Waals surface area contributed by atoms with Crippen LogP contribution in [0.15, 0.2) is 146 Å². The molecule has 0 radical (unpaired) electrons. The monoisotopic (exact) mass is 1030 g/mol. The molecule has 0 unspecified atom stereocenters. The van der Waals surface area contributed by atoms with Crippen molar-refractivity contribution in [2.24, 2.45) is 11.8 Å². The van der Waals surface area contributed by atoms with Crippen LogP contribution >= 0.6 is 0 Å². The normalized spacial score (nSPS) is 21.2. The number of rotatable bonds is 3. The second-order valence-corrected chi connectivity index (χ2v) is 23.7. The van der Waals surface area contributed by atoms with Crippen LogP contribution in [0, 0.1) is 11.8 Å². The summed E-state index contributed by atoms with van der Waals surface area (Å²) in [5.74, 6) is 1.54. The van der Waals surface area contributed by atoms with Crippen LogP contribution in [0.1, 0.15) is 174 Å². The molecule has 6 aromatic carbocycles. The molecule has 404 valence electrons. The Morgan fingerprint density at radius 1 is 0.526 bits per heavy atom. The topological polar surface area (TPSA) is 156 Å². The third kappa shape index (κ3) is 15.2. The van der Waals surface area contributed by atoms with Gasteiger partial charge in [-0.2, -0.15) is 0 Å². The number of nitrogens with two attached hydrogens (primary N) is 1. The summed E-state index contributed by atoms with van der Waals surface area (Å²) in [6, 6.07) is 43.3. The molecule has 11 rings (SSSR count). The van der Waals surface area contributed by atoms with Crippen molar-refractivity contribution in [3.05, 3.63) is 190 Å². The zero-order valence-electron chi connectivity index (χ0n) is 46.3. The zero-order valence-corrected chi connectivity index (χ0v) is 46.3. The van der Waals surface area contributed by atoms with E-state index in [9.17, 15) is 15.0 Å². The van der Waals surface area contributed by atoms with Gasteiger partial charge in [0.1, 0.15) is 23.5 Å². The fraction of sp³-hybridized carbons (Fsp3) is 0.409. The molecule has 10 nitrogen and oxygen atoms in total. The van der Waals surface area contributed by atoms with Crippen LogP contribution in [0.2, 0.25) is 0 Å². The summed E-state index contributed by atoms with van der Waals surface area (Å²) in [5, 5.41) is 36.0. The van der Waals surface area contributed by atoms with Gasteiger partial charge < -0.3 is 45.9 Å². The summed E-state index contributed by atoms with van der Waals surface area (Å²) in [5.41, 5.74) is 18.5. The first-order valence-electron chi connectivity index (χ1n) is 27.2. The van der Waals surface area contributed by atoms with E-state index in [2.05, 4.69) is 134 Å². The minimum Gasteiger partial charge on any atom is -0.508 e. The van der Waals surface area contributed by atoms with E-state index in [-0.39, 0.29) is 46.3 Å². The fourth-order valence-corrected chi connectivity index (χ4v) is 10.4. The van der Waals surface area contributed by atoms with E-state index in [4.69, 9.17) is 25.1 Å². The first-order valence-corrected chi connectivity index (χ1v) is 27.2. The molecule has 5 aliphatic heterocycles. The average molecular weight is 1030 g/mol. The molecule has 76 heavy (non-hydrogen) atoms. The molecular weight excluding hydrogens is 947 g/mol. The number of nitrogen functional groups attached to an aromatic ring is 1. The lowest BCUT2D eigenvalue weighted by atomic mass is 9.76. The van der Waals surface area contributed by atoms with Crippen molar-refractivity contribution in [3.8, 4) is 17.2 Å². The Morgan fingerprint density at radius 3 is 1.33 bits per heavy atom. The third-order valence-electron chi connectivity index (χ3n) is 14.7. The molecule has 0 bridgehead atoms. The summed E-state index contributed by atoms with van der Waals surface area (Å²) in [6.45, 7) is 22.6. The zero-order chi connectivity index (χ0) is 54.6. The lowest BCUT2D eigenvalue weighted by molar-refractivity contribution is -0.0382. The van der Waals surface area contributed by atoms with Gasteiger partial charge in [-0.05, 0) is 149 Å². The van der Waals surface area contributed by atoms with Crippen molar-refractivity contribution in [2.45, 2.75) is 141 Å². The molecule has 2 fully saturated rings. The van der Waals surface area contributed by atoms with Crippen LogP contribution in [-0.4, -0.2) is 41.4 Å². The number of phenolic OH excluding ortho intramolecular Hbond substituents is 3. The standard InChI is InChI=1S/2C22H27NO2.C10H15N.C7H6O2.C5H8O/c2*1-22(2,3)15-9-10-19-18(13-15)21-17(8-5-11-25-21)20(23-19)14-6-4-7-16(24)12-14;1-10(2,3)8-4-6-9(11)7-5-8;8-5-6-2-1-3-7(9)4-6;1-2-4-6-5-3-1/h2*4,6-7,9-10,12-13,17,20-21,23-24H,5,8,11H2,1-3H3;4-7H,11H2,1-3H3;1-5,9H;2,4H,1,3,5H2/t17-,20+,21-;17-,20-,21-;;;/m00.../s1. The molecule has 0 aromatic heterocycles. The van der Waals surface area contributed by atoms with Crippen molar-refractivity contribution in [1.82, 2.24) is 0 Å². The quantitative estimate of drug-likeness (QED) is 0.0745. The number of hydrogen-bond donors (Lipinski definition) is 6. The Kier molecular flexibility index (Phi) is 19.0. The highest BCUT2D eigenvalue weighted by Gasteiger charge is 2.42. The number of phenols is 3. The molecular formula is C66H83N3O7. The number of nitrogens with one attached hydrogen (secondary N) is 2. The van der Waals surface area contributed by atoms with Crippen LogP contribution in [0.3, 0.4) is 0 Å². The van der Waals surface area contributed by atoms with Crippen molar-refractivity contribution in [2.75, 3.05) is 36.2 Å². The van der Waals surface area contributed by atoms with Crippen molar-refractivity contribution < 1.29 is 34.3 Å². The molecule has 6 atom stereocenters. The summed E-state index contributed by atoms with van der Waals surface area (Å²) in [7, 11) is 0. The Hall–Kier alpha value is -6.75. The number of carbonyl (C=O) groups is 1. The predicted molar refractivity (Wildman–Crippen MR) is 309 cm³/mol. The van der Waals surface area contributed by atoms with Gasteiger partial charge in [-0.25, -0.2) is 0 Å². The van der Waals surface area contributed by atoms with Crippen LogP contribution < -0.4 is 16.4 Å². The second kappa shape index (κ2) is 25.4. The van der Waals surface area contributed by atoms with E-state index >= 15 is 0 Å².